The molecule has 0 aromatic heterocycles. The second-order valence-electron chi connectivity index (χ2n) is 8.73. The molecule has 0 aliphatic carbocycles. The first-order valence-electron chi connectivity index (χ1n) is 12.2. The summed E-state index contributed by atoms with van der Waals surface area (Å²) in [5.41, 5.74) is 2.46. The van der Waals surface area contributed by atoms with Gasteiger partial charge in [-0.1, -0.05) is 30.3 Å². The van der Waals surface area contributed by atoms with E-state index < -0.39 is 0 Å². The number of aliphatic imine (C=N–C) groups is 1. The van der Waals surface area contributed by atoms with Crippen LogP contribution < -0.4 is 9.47 Å². The average molecular weight is 492 g/mol. The molecule has 9 heteroatoms. The number of benzene rings is 2. The fourth-order valence-electron chi connectivity index (χ4n) is 4.69. The highest BCUT2D eigenvalue weighted by atomic mass is 16.5. The van der Waals surface area contributed by atoms with E-state index in [4.69, 9.17) is 19.2 Å². The number of urea groups is 1. The van der Waals surface area contributed by atoms with Crippen molar-refractivity contribution in [3.8, 4) is 28.7 Å². The van der Waals surface area contributed by atoms with Gasteiger partial charge in [0, 0.05) is 50.9 Å². The van der Waals surface area contributed by atoms with Crippen molar-refractivity contribution in [2.24, 2.45) is 4.99 Å². The average Bonchev–Trinajstić information content (AvgIpc) is 3.19. The van der Waals surface area contributed by atoms with Gasteiger partial charge in [0.1, 0.15) is 11.9 Å². The molecule has 2 aromatic carbocycles. The van der Waals surface area contributed by atoms with Crippen LogP contribution in [0, 0.1) is 11.3 Å². The Morgan fingerprint density at radius 3 is 2.31 bits per heavy atom. The van der Waals surface area contributed by atoms with E-state index in [1.807, 2.05) is 47.1 Å². The maximum absolute atomic E-state index is 12.9. The van der Waals surface area contributed by atoms with Crippen LogP contribution in [-0.4, -0.2) is 93.3 Å². The lowest BCUT2D eigenvalue weighted by molar-refractivity contribution is 0.0437. The minimum absolute atomic E-state index is 0.0777. The van der Waals surface area contributed by atoms with Gasteiger partial charge in [-0.2, -0.15) is 5.26 Å². The molecule has 2 heterocycles. The number of nitrogens with zero attached hydrogens (tertiary/aromatic N) is 5. The van der Waals surface area contributed by atoms with Crippen molar-refractivity contribution >= 4 is 17.6 Å². The van der Waals surface area contributed by atoms with E-state index in [0.29, 0.717) is 74.3 Å². The lowest BCUT2D eigenvalue weighted by Crippen LogP contribution is -2.49. The smallest absolute Gasteiger partial charge is 0.320 e. The van der Waals surface area contributed by atoms with Crippen molar-refractivity contribution < 1.29 is 19.0 Å². The normalized spacial score (nSPS) is 16.8. The SMILES string of the molecule is COc1cc(/N=C(\C)N2CCCN(C(=O)N3CCOCC3)CC2)c(C#N)c(-c2ccccc2)c1OC. The highest BCUT2D eigenvalue weighted by Crippen LogP contribution is 2.45. The van der Waals surface area contributed by atoms with Crippen LogP contribution in [-0.2, 0) is 4.74 Å². The molecule has 2 aliphatic rings. The van der Waals surface area contributed by atoms with Crippen LogP contribution in [0.25, 0.3) is 11.1 Å². The largest absolute Gasteiger partial charge is 0.493 e. The van der Waals surface area contributed by atoms with E-state index in [0.717, 1.165) is 24.4 Å². The van der Waals surface area contributed by atoms with E-state index in [9.17, 15) is 10.1 Å². The van der Waals surface area contributed by atoms with Crippen molar-refractivity contribution in [1.29, 1.82) is 5.26 Å². The van der Waals surface area contributed by atoms with Gasteiger partial charge >= 0.3 is 6.03 Å². The van der Waals surface area contributed by atoms with E-state index in [1.165, 1.54) is 0 Å². The monoisotopic (exact) mass is 491 g/mol. The number of morpholine rings is 1. The summed E-state index contributed by atoms with van der Waals surface area (Å²) in [5, 5.41) is 10.1. The third kappa shape index (κ3) is 5.39. The number of carbonyl (C=O) groups is 1. The zero-order valence-electron chi connectivity index (χ0n) is 21.2. The zero-order chi connectivity index (χ0) is 25.5. The summed E-state index contributed by atoms with van der Waals surface area (Å²) in [6, 6.07) is 13.8. The van der Waals surface area contributed by atoms with Crippen molar-refractivity contribution in [2.75, 3.05) is 66.7 Å². The standard InChI is InChI=1S/C27H33N5O4/c1-20(30-10-7-11-31(13-12-30)27(33)32-14-16-36-17-15-32)29-23-18-24(34-2)26(35-3)25(22(23)19-28)21-8-5-4-6-9-21/h4-6,8-9,18H,7,10-17H2,1-3H3/b29-20+. The number of carbonyl (C=O) groups excluding carboxylic acids is 1. The minimum Gasteiger partial charge on any atom is -0.493 e. The van der Waals surface area contributed by atoms with Crippen molar-refractivity contribution in [2.45, 2.75) is 13.3 Å². The first kappa shape index (κ1) is 25.3. The van der Waals surface area contributed by atoms with Gasteiger partial charge in [0.15, 0.2) is 11.5 Å². The summed E-state index contributed by atoms with van der Waals surface area (Å²) in [6.45, 7) is 7.19. The van der Waals surface area contributed by atoms with Crippen LogP contribution in [0.4, 0.5) is 10.5 Å². The molecule has 0 unspecified atom stereocenters. The molecule has 9 nitrogen and oxygen atoms in total. The molecule has 0 radical (unpaired) electrons. The van der Waals surface area contributed by atoms with Crippen molar-refractivity contribution in [3.63, 3.8) is 0 Å². The molecule has 0 atom stereocenters. The molecule has 2 aliphatic heterocycles. The van der Waals surface area contributed by atoms with E-state index >= 15 is 0 Å². The van der Waals surface area contributed by atoms with E-state index in [1.54, 1.807) is 20.3 Å². The molecule has 0 spiro atoms. The van der Waals surface area contributed by atoms with Gasteiger partial charge < -0.3 is 28.9 Å². The molecule has 0 bridgehead atoms. The predicted octanol–water partition coefficient (Wildman–Crippen LogP) is 3.75. The van der Waals surface area contributed by atoms with Gasteiger partial charge in [0.2, 0.25) is 0 Å². The van der Waals surface area contributed by atoms with Crippen LogP contribution in [0.1, 0.15) is 18.9 Å². The van der Waals surface area contributed by atoms with Gasteiger partial charge in [-0.15, -0.1) is 0 Å². The second kappa shape index (κ2) is 11.8. The Kier molecular flexibility index (Phi) is 8.28. The van der Waals surface area contributed by atoms with Gasteiger partial charge in [0.05, 0.1) is 38.7 Å². The first-order valence-corrected chi connectivity index (χ1v) is 12.2. The number of amides is 2. The number of ether oxygens (including phenoxy) is 3. The lowest BCUT2D eigenvalue weighted by atomic mass is 9.97. The molecule has 190 valence electrons. The molecule has 2 amide bonds. The second-order valence-corrected chi connectivity index (χ2v) is 8.73. The van der Waals surface area contributed by atoms with Gasteiger partial charge in [0.25, 0.3) is 0 Å². The summed E-state index contributed by atoms with van der Waals surface area (Å²) in [4.78, 5) is 23.8. The van der Waals surface area contributed by atoms with Gasteiger partial charge in [-0.3, -0.25) is 0 Å². The maximum Gasteiger partial charge on any atom is 0.320 e. The molecule has 4 rings (SSSR count). The summed E-state index contributed by atoms with van der Waals surface area (Å²) in [5.74, 6) is 1.81. The fourth-order valence-corrected chi connectivity index (χ4v) is 4.69. The van der Waals surface area contributed by atoms with Crippen LogP contribution in [0.5, 0.6) is 11.5 Å². The number of methoxy groups -OCH3 is 2. The Morgan fingerprint density at radius 1 is 0.972 bits per heavy atom. The van der Waals surface area contributed by atoms with Crippen LogP contribution in [0.2, 0.25) is 0 Å². The minimum atomic E-state index is 0.0777. The number of hydrogen-bond acceptors (Lipinski definition) is 6. The Balaban J connectivity index is 1.61. The highest BCUT2D eigenvalue weighted by Gasteiger charge is 2.26. The van der Waals surface area contributed by atoms with Crippen molar-refractivity contribution in [1.82, 2.24) is 14.7 Å². The Labute approximate surface area is 212 Å². The molecule has 0 N–H and O–H groups in total. The van der Waals surface area contributed by atoms with Crippen LogP contribution in [0.15, 0.2) is 41.4 Å². The first-order chi connectivity index (χ1) is 17.6. The molecule has 2 fully saturated rings. The lowest BCUT2D eigenvalue weighted by Gasteiger charge is -2.32. The summed E-state index contributed by atoms with van der Waals surface area (Å²) in [7, 11) is 3.15. The zero-order valence-corrected chi connectivity index (χ0v) is 21.2. The third-order valence-corrected chi connectivity index (χ3v) is 6.61. The van der Waals surface area contributed by atoms with Crippen LogP contribution >= 0.6 is 0 Å². The molecule has 36 heavy (non-hydrogen) atoms. The maximum atomic E-state index is 12.9. The summed E-state index contributed by atoms with van der Waals surface area (Å²) < 4.78 is 16.6. The molecule has 0 saturated carbocycles. The fraction of sp³-hybridized carbons (Fsp3) is 0.444. The number of amidine groups is 1. The summed E-state index contributed by atoms with van der Waals surface area (Å²) >= 11 is 0. The molecule has 2 aromatic rings. The summed E-state index contributed by atoms with van der Waals surface area (Å²) in [6.07, 6.45) is 0.843. The molecular formula is C27H33N5O4. The number of hydrogen-bond donors (Lipinski definition) is 0. The highest BCUT2D eigenvalue weighted by molar-refractivity contribution is 5.89. The van der Waals surface area contributed by atoms with Crippen molar-refractivity contribution in [3.05, 3.63) is 42.0 Å². The molecule has 2 saturated heterocycles. The Morgan fingerprint density at radius 2 is 1.64 bits per heavy atom. The Hall–Kier alpha value is -3.77. The Bertz CT molecular complexity index is 1140. The van der Waals surface area contributed by atoms with Gasteiger partial charge in [-0.05, 0) is 18.9 Å². The van der Waals surface area contributed by atoms with Gasteiger partial charge in [-0.25, -0.2) is 9.79 Å². The predicted molar refractivity (Wildman–Crippen MR) is 138 cm³/mol. The molecular weight excluding hydrogens is 458 g/mol. The number of nitriles is 1. The quantitative estimate of drug-likeness (QED) is 0.478. The van der Waals surface area contributed by atoms with Crippen LogP contribution in [0.3, 0.4) is 0 Å². The van der Waals surface area contributed by atoms with E-state index in [2.05, 4.69) is 11.0 Å². The third-order valence-electron chi connectivity index (χ3n) is 6.61. The topological polar surface area (TPSA) is 90.6 Å². The number of rotatable bonds is 4. The van der Waals surface area contributed by atoms with E-state index in [-0.39, 0.29) is 6.03 Å².